The van der Waals surface area contributed by atoms with Gasteiger partial charge in [0.15, 0.2) is 0 Å². The number of hydrogen-bond donors (Lipinski definition) is 1. The first-order chi connectivity index (χ1) is 11.0. The maximum Gasteiger partial charge on any atom is 0.328 e. The van der Waals surface area contributed by atoms with E-state index in [-0.39, 0.29) is 23.9 Å². The predicted octanol–water partition coefficient (Wildman–Crippen LogP) is 0.832. The van der Waals surface area contributed by atoms with Crippen molar-refractivity contribution in [1.29, 1.82) is 0 Å². The Morgan fingerprint density at radius 1 is 1.48 bits per heavy atom. The average molecular weight is 322 g/mol. The molecule has 2 rings (SSSR count). The molecular weight excluding hydrogens is 304 g/mol. The number of ether oxygens (including phenoxy) is 2. The van der Waals surface area contributed by atoms with Gasteiger partial charge in [-0.15, -0.1) is 0 Å². The topological polar surface area (TPSA) is 108 Å². The molecule has 1 fully saturated rings. The fraction of sp³-hybridized carbons (Fsp3) is 0.467. The SMILES string of the molecule is COC(=O)[C@@H](Cc1ccccc1[N+](=O)[O-])NC(=O)[C@H]1CCOC1. The summed E-state index contributed by atoms with van der Waals surface area (Å²) in [6, 6.07) is 5.12. The zero-order valence-corrected chi connectivity index (χ0v) is 12.7. The Morgan fingerprint density at radius 2 is 2.22 bits per heavy atom. The number of nitro benzene ring substituents is 1. The Balaban J connectivity index is 2.14. The zero-order chi connectivity index (χ0) is 16.8. The van der Waals surface area contributed by atoms with E-state index < -0.39 is 16.9 Å². The lowest BCUT2D eigenvalue weighted by Gasteiger charge is -2.18. The number of carbonyl (C=O) groups excluding carboxylic acids is 2. The number of nitrogens with one attached hydrogen (secondary N) is 1. The summed E-state index contributed by atoms with van der Waals surface area (Å²) >= 11 is 0. The highest BCUT2D eigenvalue weighted by atomic mass is 16.6. The van der Waals surface area contributed by atoms with Gasteiger partial charge in [0, 0.05) is 24.7 Å². The highest BCUT2D eigenvalue weighted by Crippen LogP contribution is 2.20. The third kappa shape index (κ3) is 4.26. The lowest BCUT2D eigenvalue weighted by Crippen LogP contribution is -2.45. The molecule has 1 saturated heterocycles. The minimum absolute atomic E-state index is 0.0108. The van der Waals surface area contributed by atoms with Crippen LogP contribution in [0.15, 0.2) is 24.3 Å². The number of nitrogens with zero attached hydrogens (tertiary/aromatic N) is 1. The van der Waals surface area contributed by atoms with Crippen LogP contribution >= 0.6 is 0 Å². The number of esters is 1. The molecule has 8 nitrogen and oxygen atoms in total. The smallest absolute Gasteiger partial charge is 0.328 e. The van der Waals surface area contributed by atoms with Gasteiger partial charge in [-0.05, 0) is 6.42 Å². The van der Waals surface area contributed by atoms with E-state index in [1.807, 2.05) is 0 Å². The number of benzene rings is 1. The van der Waals surface area contributed by atoms with Gasteiger partial charge in [-0.1, -0.05) is 18.2 Å². The highest BCUT2D eigenvalue weighted by Gasteiger charge is 2.30. The van der Waals surface area contributed by atoms with Crippen molar-refractivity contribution in [2.24, 2.45) is 5.92 Å². The second-order valence-corrected chi connectivity index (χ2v) is 5.23. The molecule has 0 bridgehead atoms. The standard InChI is InChI=1S/C15H18N2O6/c1-22-15(19)12(16-14(18)11-6-7-23-9-11)8-10-4-2-3-5-13(10)17(20)21/h2-5,11-12H,6-9H2,1H3,(H,16,18)/t11-,12+/m0/s1. The van der Waals surface area contributed by atoms with E-state index in [1.165, 1.54) is 13.2 Å². The lowest BCUT2D eigenvalue weighted by atomic mass is 10.0. The summed E-state index contributed by atoms with van der Waals surface area (Å²) in [6.07, 6.45) is 0.578. The first kappa shape index (κ1) is 16.9. The summed E-state index contributed by atoms with van der Waals surface area (Å²) in [5.74, 6) is -1.26. The second kappa shape index (κ2) is 7.68. The molecular formula is C15H18N2O6. The minimum atomic E-state index is -0.978. The fourth-order valence-corrected chi connectivity index (χ4v) is 2.45. The minimum Gasteiger partial charge on any atom is -0.467 e. The molecule has 0 aliphatic carbocycles. The van der Waals surface area contributed by atoms with Crippen LogP contribution in [0, 0.1) is 16.0 Å². The van der Waals surface area contributed by atoms with E-state index in [2.05, 4.69) is 5.32 Å². The fourth-order valence-electron chi connectivity index (χ4n) is 2.45. The normalized spacial score (nSPS) is 18.2. The van der Waals surface area contributed by atoms with Gasteiger partial charge in [0.25, 0.3) is 5.69 Å². The van der Waals surface area contributed by atoms with E-state index in [0.717, 1.165) is 0 Å². The molecule has 1 amide bonds. The number of hydrogen-bond acceptors (Lipinski definition) is 6. The van der Waals surface area contributed by atoms with Crippen molar-refractivity contribution < 1.29 is 24.0 Å². The second-order valence-electron chi connectivity index (χ2n) is 5.23. The van der Waals surface area contributed by atoms with E-state index in [0.29, 0.717) is 25.2 Å². The molecule has 1 aromatic carbocycles. The van der Waals surface area contributed by atoms with Crippen LogP contribution < -0.4 is 5.32 Å². The molecule has 1 aliphatic rings. The Kier molecular flexibility index (Phi) is 5.64. The van der Waals surface area contributed by atoms with Crippen molar-refractivity contribution in [1.82, 2.24) is 5.32 Å². The molecule has 1 aromatic rings. The molecule has 8 heteroatoms. The van der Waals surface area contributed by atoms with Gasteiger partial charge in [-0.3, -0.25) is 14.9 Å². The number of nitro groups is 1. The Bertz CT molecular complexity index is 597. The van der Waals surface area contributed by atoms with E-state index in [4.69, 9.17) is 9.47 Å². The van der Waals surface area contributed by atoms with Crippen LogP contribution in [-0.4, -0.2) is 43.2 Å². The van der Waals surface area contributed by atoms with Crippen LogP contribution in [0.4, 0.5) is 5.69 Å². The first-order valence-corrected chi connectivity index (χ1v) is 7.21. The summed E-state index contributed by atoms with van der Waals surface area (Å²) in [5.41, 5.74) is 0.260. The van der Waals surface area contributed by atoms with Crippen LogP contribution in [0.5, 0.6) is 0 Å². The number of methoxy groups -OCH3 is 1. The van der Waals surface area contributed by atoms with Gasteiger partial charge in [0.05, 0.1) is 24.6 Å². The molecule has 0 saturated carbocycles. The summed E-state index contributed by atoms with van der Waals surface area (Å²) in [7, 11) is 1.21. The summed E-state index contributed by atoms with van der Waals surface area (Å²) in [6.45, 7) is 0.816. The Hall–Kier alpha value is -2.48. The van der Waals surface area contributed by atoms with Gasteiger partial charge in [0.2, 0.25) is 5.91 Å². The van der Waals surface area contributed by atoms with Gasteiger partial charge in [0.1, 0.15) is 6.04 Å². The molecule has 1 N–H and O–H groups in total. The largest absolute Gasteiger partial charge is 0.467 e. The van der Waals surface area contributed by atoms with Crippen molar-refractivity contribution in [2.45, 2.75) is 18.9 Å². The van der Waals surface area contributed by atoms with Crippen molar-refractivity contribution in [3.8, 4) is 0 Å². The van der Waals surface area contributed by atoms with Crippen molar-refractivity contribution in [3.05, 3.63) is 39.9 Å². The van der Waals surface area contributed by atoms with E-state index >= 15 is 0 Å². The molecule has 0 unspecified atom stereocenters. The average Bonchev–Trinajstić information content (AvgIpc) is 3.08. The van der Waals surface area contributed by atoms with Gasteiger partial charge in [-0.25, -0.2) is 4.79 Å². The van der Waals surface area contributed by atoms with Crippen LogP contribution in [0.2, 0.25) is 0 Å². The molecule has 2 atom stereocenters. The maximum atomic E-state index is 12.2. The van der Waals surface area contributed by atoms with Crippen molar-refractivity contribution >= 4 is 17.6 Å². The van der Waals surface area contributed by atoms with Gasteiger partial charge < -0.3 is 14.8 Å². The Labute approximate surface area is 132 Å². The highest BCUT2D eigenvalue weighted by molar-refractivity contribution is 5.86. The maximum absolute atomic E-state index is 12.2. The number of para-hydroxylation sites is 1. The summed E-state index contributed by atoms with van der Waals surface area (Å²) in [4.78, 5) is 34.6. The lowest BCUT2D eigenvalue weighted by molar-refractivity contribution is -0.385. The molecule has 0 radical (unpaired) electrons. The van der Waals surface area contributed by atoms with Gasteiger partial charge in [-0.2, -0.15) is 0 Å². The molecule has 1 heterocycles. The van der Waals surface area contributed by atoms with E-state index in [9.17, 15) is 19.7 Å². The summed E-state index contributed by atoms with van der Waals surface area (Å²) < 4.78 is 9.84. The third-order valence-corrected chi connectivity index (χ3v) is 3.72. The van der Waals surface area contributed by atoms with E-state index in [1.54, 1.807) is 18.2 Å². The quantitative estimate of drug-likeness (QED) is 0.472. The van der Waals surface area contributed by atoms with Crippen LogP contribution in [-0.2, 0) is 25.5 Å². The molecule has 0 spiro atoms. The summed E-state index contributed by atoms with van der Waals surface area (Å²) in [5, 5.41) is 13.7. The van der Waals surface area contributed by atoms with Crippen molar-refractivity contribution in [3.63, 3.8) is 0 Å². The molecule has 23 heavy (non-hydrogen) atoms. The molecule has 0 aromatic heterocycles. The molecule has 1 aliphatic heterocycles. The van der Waals surface area contributed by atoms with Crippen LogP contribution in [0.3, 0.4) is 0 Å². The third-order valence-electron chi connectivity index (χ3n) is 3.72. The Morgan fingerprint density at radius 3 is 2.83 bits per heavy atom. The van der Waals surface area contributed by atoms with Gasteiger partial charge >= 0.3 is 5.97 Å². The molecule has 124 valence electrons. The monoisotopic (exact) mass is 322 g/mol. The first-order valence-electron chi connectivity index (χ1n) is 7.21. The van der Waals surface area contributed by atoms with Crippen molar-refractivity contribution in [2.75, 3.05) is 20.3 Å². The number of rotatable bonds is 6. The zero-order valence-electron chi connectivity index (χ0n) is 12.7. The number of amides is 1. The van der Waals surface area contributed by atoms with Crippen LogP contribution in [0.1, 0.15) is 12.0 Å². The number of carbonyl (C=O) groups is 2. The van der Waals surface area contributed by atoms with Crippen LogP contribution in [0.25, 0.3) is 0 Å². The predicted molar refractivity (Wildman–Crippen MR) is 79.7 cm³/mol.